The van der Waals surface area contributed by atoms with Crippen LogP contribution in [0.5, 0.6) is 0 Å². The summed E-state index contributed by atoms with van der Waals surface area (Å²) in [6.45, 7) is 0.686. The molecule has 2 aliphatic heterocycles. The average molecular weight is 625 g/mol. The van der Waals surface area contributed by atoms with Gasteiger partial charge in [-0.05, 0) is 72.0 Å². The number of nitrogens with zero attached hydrogens (tertiary/aromatic N) is 2. The number of esters is 1. The third-order valence-electron chi connectivity index (χ3n) is 7.52. The summed E-state index contributed by atoms with van der Waals surface area (Å²) >= 11 is 9.39. The zero-order valence-electron chi connectivity index (χ0n) is 21.8. The number of rotatable bonds is 5. The van der Waals surface area contributed by atoms with Crippen LogP contribution in [0.25, 0.3) is 0 Å². The lowest BCUT2D eigenvalue weighted by Gasteiger charge is -2.30. The van der Waals surface area contributed by atoms with Crippen molar-refractivity contribution < 1.29 is 23.9 Å². The molecule has 40 heavy (non-hydrogen) atoms. The molecule has 3 aromatic carbocycles. The Hall–Kier alpha value is -3.69. The zero-order chi connectivity index (χ0) is 28.4. The number of fused-ring (bicyclic) bond motifs is 1. The summed E-state index contributed by atoms with van der Waals surface area (Å²) in [7, 11) is 1.32. The molecule has 1 N–H and O–H groups in total. The summed E-state index contributed by atoms with van der Waals surface area (Å²) in [5.41, 5.74) is 2.77. The van der Waals surface area contributed by atoms with Crippen LogP contribution in [0.4, 0.5) is 11.4 Å². The lowest BCUT2D eigenvalue weighted by Crippen LogP contribution is -2.44. The highest BCUT2D eigenvalue weighted by Gasteiger charge is 2.49. The van der Waals surface area contributed by atoms with Crippen molar-refractivity contribution in [2.75, 3.05) is 30.4 Å². The Kier molecular flexibility index (Phi) is 7.96. The van der Waals surface area contributed by atoms with Crippen LogP contribution in [0.2, 0.25) is 5.02 Å². The lowest BCUT2D eigenvalue weighted by molar-refractivity contribution is -0.148. The number of methoxy groups -OCH3 is 1. The summed E-state index contributed by atoms with van der Waals surface area (Å²) in [6.07, 6.45) is 1.22. The SMILES string of the molecule is COC(=O)C1(c2ccc(Br)cc2)CCN(C(=O)C(=O)Nc2ccc3c(c2)CCC(=O)N3Cc2ccc(Cl)cc2)C1. The number of hydrogen-bond acceptors (Lipinski definition) is 5. The normalized spacial score (nSPS) is 18.3. The fourth-order valence-corrected chi connectivity index (χ4v) is 5.77. The molecule has 1 saturated heterocycles. The van der Waals surface area contributed by atoms with Gasteiger partial charge in [0.1, 0.15) is 5.41 Å². The van der Waals surface area contributed by atoms with Gasteiger partial charge >= 0.3 is 17.8 Å². The Morgan fingerprint density at radius 3 is 2.45 bits per heavy atom. The fraction of sp³-hybridized carbons (Fsp3) is 0.267. The van der Waals surface area contributed by atoms with Crippen molar-refractivity contribution in [2.24, 2.45) is 0 Å². The predicted octanol–water partition coefficient (Wildman–Crippen LogP) is 4.86. The highest BCUT2D eigenvalue weighted by Crippen LogP contribution is 2.37. The maximum atomic E-state index is 13.1. The number of carbonyl (C=O) groups excluding carboxylic acids is 4. The molecule has 206 valence electrons. The van der Waals surface area contributed by atoms with Crippen LogP contribution in [-0.4, -0.2) is 48.8 Å². The van der Waals surface area contributed by atoms with Crippen molar-refractivity contribution in [2.45, 2.75) is 31.2 Å². The van der Waals surface area contributed by atoms with Gasteiger partial charge in [-0.1, -0.05) is 51.8 Å². The Labute approximate surface area is 245 Å². The van der Waals surface area contributed by atoms with Gasteiger partial charge in [-0.2, -0.15) is 0 Å². The quantitative estimate of drug-likeness (QED) is 0.323. The van der Waals surface area contributed by atoms with E-state index in [-0.39, 0.29) is 19.0 Å². The fourth-order valence-electron chi connectivity index (χ4n) is 5.38. The molecule has 3 aromatic rings. The molecule has 1 fully saturated rings. The molecule has 0 saturated carbocycles. The molecule has 1 unspecified atom stereocenters. The lowest BCUT2D eigenvalue weighted by atomic mass is 9.79. The van der Waals surface area contributed by atoms with Crippen molar-refractivity contribution >= 4 is 62.6 Å². The van der Waals surface area contributed by atoms with Crippen molar-refractivity contribution in [3.8, 4) is 0 Å². The van der Waals surface area contributed by atoms with E-state index in [0.29, 0.717) is 36.5 Å². The van der Waals surface area contributed by atoms with Crippen LogP contribution in [0, 0.1) is 0 Å². The molecule has 10 heteroatoms. The Balaban J connectivity index is 1.29. The zero-order valence-corrected chi connectivity index (χ0v) is 24.1. The van der Waals surface area contributed by atoms with Gasteiger partial charge in [0, 0.05) is 40.4 Å². The van der Waals surface area contributed by atoms with E-state index in [0.717, 1.165) is 26.9 Å². The van der Waals surface area contributed by atoms with E-state index in [1.165, 1.54) is 12.0 Å². The minimum absolute atomic E-state index is 0.0170. The molecular weight excluding hydrogens is 598 g/mol. The van der Waals surface area contributed by atoms with Gasteiger partial charge in [0.05, 0.1) is 13.7 Å². The van der Waals surface area contributed by atoms with Gasteiger partial charge in [0.15, 0.2) is 0 Å². The van der Waals surface area contributed by atoms with Crippen LogP contribution in [-0.2, 0) is 42.3 Å². The molecule has 0 radical (unpaired) electrons. The predicted molar refractivity (Wildman–Crippen MR) is 155 cm³/mol. The second kappa shape index (κ2) is 11.4. The summed E-state index contributed by atoms with van der Waals surface area (Å²) < 4.78 is 5.96. The van der Waals surface area contributed by atoms with Gasteiger partial charge in [0.2, 0.25) is 5.91 Å². The van der Waals surface area contributed by atoms with Gasteiger partial charge in [-0.15, -0.1) is 0 Å². The molecule has 8 nitrogen and oxygen atoms in total. The molecule has 5 rings (SSSR count). The molecule has 2 aliphatic rings. The molecular formula is C30H27BrClN3O5. The van der Waals surface area contributed by atoms with E-state index in [2.05, 4.69) is 21.2 Å². The number of carbonyl (C=O) groups is 4. The number of anilines is 2. The van der Waals surface area contributed by atoms with E-state index >= 15 is 0 Å². The Bertz CT molecular complexity index is 1480. The molecule has 0 aliphatic carbocycles. The largest absolute Gasteiger partial charge is 0.468 e. The summed E-state index contributed by atoms with van der Waals surface area (Å²) in [5, 5.41) is 3.32. The van der Waals surface area contributed by atoms with Crippen molar-refractivity contribution in [3.05, 3.63) is 92.9 Å². The minimum atomic E-state index is -1.04. The van der Waals surface area contributed by atoms with E-state index in [4.69, 9.17) is 16.3 Å². The minimum Gasteiger partial charge on any atom is -0.468 e. The van der Waals surface area contributed by atoms with E-state index in [9.17, 15) is 19.2 Å². The number of hydrogen-bond donors (Lipinski definition) is 1. The van der Waals surface area contributed by atoms with Crippen molar-refractivity contribution in [1.29, 1.82) is 0 Å². The third kappa shape index (κ3) is 5.48. The summed E-state index contributed by atoms with van der Waals surface area (Å²) in [4.78, 5) is 54.8. The number of likely N-dealkylation sites (tertiary alicyclic amines) is 1. The number of ether oxygens (including phenoxy) is 1. The molecule has 3 amide bonds. The molecule has 0 bridgehead atoms. The van der Waals surface area contributed by atoms with Crippen LogP contribution in [0.3, 0.4) is 0 Å². The van der Waals surface area contributed by atoms with Gasteiger partial charge in [-0.25, -0.2) is 0 Å². The first-order valence-corrected chi connectivity index (χ1v) is 14.0. The standard InChI is InChI=1S/C30H27BrClN3O5/c1-40-29(39)30(21-5-7-22(31)8-6-21)14-15-34(18-30)28(38)27(37)33-24-11-12-25-20(16-24)4-13-26(36)35(25)17-19-2-9-23(32)10-3-19/h2-3,5-12,16H,4,13-15,17-18H2,1H3,(H,33,37). The smallest absolute Gasteiger partial charge is 0.318 e. The van der Waals surface area contributed by atoms with Crippen LogP contribution < -0.4 is 10.2 Å². The van der Waals surface area contributed by atoms with E-state index in [1.807, 2.05) is 36.4 Å². The number of aryl methyl sites for hydroxylation is 1. The molecule has 0 aromatic heterocycles. The van der Waals surface area contributed by atoms with Gasteiger partial charge < -0.3 is 19.9 Å². The van der Waals surface area contributed by atoms with Crippen LogP contribution in [0.15, 0.2) is 71.2 Å². The van der Waals surface area contributed by atoms with Crippen molar-refractivity contribution in [3.63, 3.8) is 0 Å². The first-order chi connectivity index (χ1) is 19.2. The van der Waals surface area contributed by atoms with Gasteiger partial charge in [-0.3, -0.25) is 19.2 Å². The van der Waals surface area contributed by atoms with Gasteiger partial charge in [0.25, 0.3) is 0 Å². The summed E-state index contributed by atoms with van der Waals surface area (Å²) in [6, 6.07) is 19.9. The highest BCUT2D eigenvalue weighted by atomic mass is 79.9. The van der Waals surface area contributed by atoms with Crippen LogP contribution >= 0.6 is 27.5 Å². The first-order valence-electron chi connectivity index (χ1n) is 12.8. The average Bonchev–Trinajstić information content (AvgIpc) is 3.41. The number of amides is 3. The second-order valence-electron chi connectivity index (χ2n) is 9.96. The van der Waals surface area contributed by atoms with E-state index < -0.39 is 23.2 Å². The Morgan fingerprint density at radius 2 is 1.75 bits per heavy atom. The Morgan fingerprint density at radius 1 is 1.02 bits per heavy atom. The number of benzene rings is 3. The molecule has 0 spiro atoms. The van der Waals surface area contributed by atoms with Crippen molar-refractivity contribution in [1.82, 2.24) is 4.90 Å². The second-order valence-corrected chi connectivity index (χ2v) is 11.3. The molecule has 1 atom stereocenters. The third-order valence-corrected chi connectivity index (χ3v) is 8.30. The van der Waals surface area contributed by atoms with E-state index in [1.54, 1.807) is 35.2 Å². The molecule has 2 heterocycles. The number of nitrogens with one attached hydrogen (secondary N) is 1. The topological polar surface area (TPSA) is 96.0 Å². The first kappa shape index (κ1) is 27.9. The van der Waals surface area contributed by atoms with Crippen LogP contribution in [0.1, 0.15) is 29.5 Å². The maximum Gasteiger partial charge on any atom is 0.318 e. The summed E-state index contributed by atoms with van der Waals surface area (Å²) in [5.74, 6) is -1.94. The maximum absolute atomic E-state index is 13.1. The number of halogens is 2. The monoisotopic (exact) mass is 623 g/mol. The highest BCUT2D eigenvalue weighted by molar-refractivity contribution is 9.10.